The first kappa shape index (κ1) is 18.8. The van der Waals surface area contributed by atoms with Gasteiger partial charge in [-0.1, -0.05) is 29.4 Å². The first-order valence-electron chi connectivity index (χ1n) is 9.23. The van der Waals surface area contributed by atoms with E-state index in [0.717, 1.165) is 4.90 Å². The van der Waals surface area contributed by atoms with Gasteiger partial charge in [0.1, 0.15) is 5.69 Å². The SMILES string of the molecule is O=S(=O)(c1ccccc1)N1CCSc2ccc(-c3nc(-c4ccccn4)no3)cc21. The Hall–Kier alpha value is -3.17. The van der Waals surface area contributed by atoms with Crippen LogP contribution >= 0.6 is 11.8 Å². The lowest BCUT2D eigenvalue weighted by atomic mass is 10.2. The molecule has 30 heavy (non-hydrogen) atoms. The lowest BCUT2D eigenvalue weighted by molar-refractivity contribution is 0.432. The smallest absolute Gasteiger partial charge is 0.264 e. The summed E-state index contributed by atoms with van der Waals surface area (Å²) in [4.78, 5) is 9.82. The summed E-state index contributed by atoms with van der Waals surface area (Å²) in [7, 11) is -3.67. The summed E-state index contributed by atoms with van der Waals surface area (Å²) in [6.45, 7) is 0.390. The van der Waals surface area contributed by atoms with Gasteiger partial charge in [-0.25, -0.2) is 8.42 Å². The fourth-order valence-electron chi connectivity index (χ4n) is 3.24. The van der Waals surface area contributed by atoms with Crippen molar-refractivity contribution in [2.45, 2.75) is 9.79 Å². The third-order valence-corrected chi connectivity index (χ3v) is 7.55. The van der Waals surface area contributed by atoms with Crippen molar-refractivity contribution in [1.29, 1.82) is 0 Å². The van der Waals surface area contributed by atoms with E-state index in [1.54, 1.807) is 60.4 Å². The van der Waals surface area contributed by atoms with E-state index in [-0.39, 0.29) is 4.90 Å². The molecular weight excluding hydrogens is 420 g/mol. The van der Waals surface area contributed by atoms with E-state index in [9.17, 15) is 8.42 Å². The predicted molar refractivity (Wildman–Crippen MR) is 115 cm³/mol. The van der Waals surface area contributed by atoms with E-state index in [1.165, 1.54) is 4.31 Å². The molecule has 0 atom stereocenters. The molecule has 0 spiro atoms. The highest BCUT2D eigenvalue weighted by molar-refractivity contribution is 8.00. The number of anilines is 1. The second-order valence-corrected chi connectivity index (χ2v) is 9.56. The van der Waals surface area contributed by atoms with Crippen LogP contribution in [0.2, 0.25) is 0 Å². The molecule has 0 radical (unpaired) electrons. The summed E-state index contributed by atoms with van der Waals surface area (Å²) in [5.74, 6) is 1.38. The van der Waals surface area contributed by atoms with Crippen LogP contribution in [0.1, 0.15) is 0 Å². The van der Waals surface area contributed by atoms with Crippen LogP contribution in [-0.4, -0.2) is 35.8 Å². The maximum absolute atomic E-state index is 13.2. The van der Waals surface area contributed by atoms with Crippen molar-refractivity contribution in [2.24, 2.45) is 0 Å². The van der Waals surface area contributed by atoms with Crippen molar-refractivity contribution in [3.63, 3.8) is 0 Å². The molecule has 0 bridgehead atoms. The normalized spacial score (nSPS) is 13.8. The Morgan fingerprint density at radius 1 is 1.00 bits per heavy atom. The highest BCUT2D eigenvalue weighted by Crippen LogP contribution is 2.40. The minimum absolute atomic E-state index is 0.267. The minimum Gasteiger partial charge on any atom is -0.334 e. The molecule has 0 saturated heterocycles. The van der Waals surface area contributed by atoms with Crippen molar-refractivity contribution < 1.29 is 12.9 Å². The van der Waals surface area contributed by atoms with Crippen molar-refractivity contribution in [3.8, 4) is 23.0 Å². The second-order valence-electron chi connectivity index (χ2n) is 6.56. The Kier molecular flexibility index (Phi) is 4.76. The lowest BCUT2D eigenvalue weighted by Gasteiger charge is -2.30. The van der Waals surface area contributed by atoms with Crippen LogP contribution in [0.15, 0.2) is 87.2 Å². The Morgan fingerprint density at radius 2 is 1.83 bits per heavy atom. The van der Waals surface area contributed by atoms with Crippen molar-refractivity contribution in [2.75, 3.05) is 16.6 Å². The maximum Gasteiger partial charge on any atom is 0.264 e. The number of fused-ring (bicyclic) bond motifs is 1. The van der Waals surface area contributed by atoms with Gasteiger partial charge >= 0.3 is 0 Å². The van der Waals surface area contributed by atoms with Gasteiger partial charge in [0.2, 0.25) is 5.82 Å². The Bertz CT molecular complexity index is 1290. The number of thioether (sulfide) groups is 1. The number of benzene rings is 2. The van der Waals surface area contributed by atoms with E-state index in [2.05, 4.69) is 15.1 Å². The third-order valence-electron chi connectivity index (χ3n) is 4.68. The number of hydrogen-bond donors (Lipinski definition) is 0. The zero-order valence-electron chi connectivity index (χ0n) is 15.7. The summed E-state index contributed by atoms with van der Waals surface area (Å²) < 4.78 is 33.4. The Balaban J connectivity index is 1.55. The standard InChI is InChI=1S/C21H16N4O3S2/c26-30(27,16-6-2-1-3-7-16)25-12-13-29-19-10-9-15(14-18(19)25)21-23-20(24-28-21)17-8-4-5-11-22-17/h1-11,14H,12-13H2. The van der Waals surface area contributed by atoms with Gasteiger partial charge in [0.25, 0.3) is 15.9 Å². The van der Waals surface area contributed by atoms with Gasteiger partial charge in [0, 0.05) is 29.0 Å². The average Bonchev–Trinajstić information content (AvgIpc) is 3.30. The van der Waals surface area contributed by atoms with Crippen LogP contribution in [0.4, 0.5) is 5.69 Å². The zero-order chi connectivity index (χ0) is 20.6. The van der Waals surface area contributed by atoms with Crippen LogP contribution in [0.3, 0.4) is 0 Å². The Labute approximate surface area is 177 Å². The molecule has 2 aromatic heterocycles. The highest BCUT2D eigenvalue weighted by atomic mass is 32.2. The van der Waals surface area contributed by atoms with Crippen molar-refractivity contribution in [3.05, 3.63) is 72.9 Å². The average molecular weight is 437 g/mol. The van der Waals surface area contributed by atoms with Crippen molar-refractivity contribution >= 4 is 27.5 Å². The minimum atomic E-state index is -3.67. The van der Waals surface area contributed by atoms with Crippen LogP contribution in [0, 0.1) is 0 Å². The molecule has 0 aliphatic carbocycles. The van der Waals surface area contributed by atoms with Crippen LogP contribution in [-0.2, 0) is 10.0 Å². The Morgan fingerprint density at radius 3 is 2.63 bits per heavy atom. The lowest BCUT2D eigenvalue weighted by Crippen LogP contribution is -2.35. The highest BCUT2D eigenvalue weighted by Gasteiger charge is 2.30. The molecule has 5 rings (SSSR count). The largest absolute Gasteiger partial charge is 0.334 e. The number of aromatic nitrogens is 3. The second kappa shape index (κ2) is 7.58. The van der Waals surface area contributed by atoms with Crippen LogP contribution < -0.4 is 4.31 Å². The number of hydrogen-bond acceptors (Lipinski definition) is 7. The molecule has 150 valence electrons. The molecule has 9 heteroatoms. The molecule has 0 N–H and O–H groups in total. The van der Waals surface area contributed by atoms with E-state index in [4.69, 9.17) is 4.52 Å². The summed E-state index contributed by atoms with van der Waals surface area (Å²) in [5, 5.41) is 4.00. The van der Waals surface area contributed by atoms with Gasteiger partial charge in [0.15, 0.2) is 0 Å². The zero-order valence-corrected chi connectivity index (χ0v) is 17.3. The molecule has 0 fully saturated rings. The van der Waals surface area contributed by atoms with Gasteiger partial charge in [0.05, 0.1) is 10.6 Å². The third kappa shape index (κ3) is 3.35. The maximum atomic E-state index is 13.2. The van der Waals surface area contributed by atoms with Gasteiger partial charge in [-0.05, 0) is 42.5 Å². The van der Waals surface area contributed by atoms with Gasteiger partial charge < -0.3 is 4.52 Å². The summed E-state index contributed by atoms with van der Waals surface area (Å²) in [6.07, 6.45) is 1.66. The van der Waals surface area contributed by atoms with E-state index in [0.29, 0.717) is 41.0 Å². The van der Waals surface area contributed by atoms with E-state index in [1.807, 2.05) is 24.3 Å². The molecule has 3 heterocycles. The van der Waals surface area contributed by atoms with Gasteiger partial charge in [-0.15, -0.1) is 11.8 Å². The number of sulfonamides is 1. The van der Waals surface area contributed by atoms with Crippen LogP contribution in [0.25, 0.3) is 23.0 Å². The number of pyridine rings is 1. The monoisotopic (exact) mass is 436 g/mol. The quantitative estimate of drug-likeness (QED) is 0.476. The first-order valence-corrected chi connectivity index (χ1v) is 11.7. The molecule has 1 aliphatic heterocycles. The first-order chi connectivity index (χ1) is 14.6. The van der Waals surface area contributed by atoms with E-state index >= 15 is 0 Å². The molecule has 1 aliphatic rings. The van der Waals surface area contributed by atoms with Crippen LogP contribution in [0.5, 0.6) is 0 Å². The molecular formula is C21H16N4O3S2. The van der Waals surface area contributed by atoms with Gasteiger partial charge in [-0.2, -0.15) is 4.98 Å². The summed E-state index contributed by atoms with van der Waals surface area (Å²) in [6, 6.07) is 19.5. The van der Waals surface area contributed by atoms with E-state index < -0.39 is 10.0 Å². The number of rotatable bonds is 4. The number of nitrogens with zero attached hydrogens (tertiary/aromatic N) is 4. The fraction of sp³-hybridized carbons (Fsp3) is 0.0952. The summed E-state index contributed by atoms with van der Waals surface area (Å²) in [5.41, 5.74) is 1.87. The molecule has 0 unspecified atom stereocenters. The topological polar surface area (TPSA) is 89.2 Å². The molecule has 0 amide bonds. The molecule has 4 aromatic rings. The molecule has 0 saturated carbocycles. The van der Waals surface area contributed by atoms with Gasteiger partial charge in [-0.3, -0.25) is 9.29 Å². The fourth-order valence-corrected chi connectivity index (χ4v) is 5.88. The molecule has 7 nitrogen and oxygen atoms in total. The summed E-state index contributed by atoms with van der Waals surface area (Å²) >= 11 is 1.63. The van der Waals surface area contributed by atoms with Crippen molar-refractivity contribution in [1.82, 2.24) is 15.1 Å². The molecule has 2 aromatic carbocycles. The predicted octanol–water partition coefficient (Wildman–Crippen LogP) is 4.10.